The summed E-state index contributed by atoms with van der Waals surface area (Å²) >= 11 is 0. The Hall–Kier alpha value is -1.83. The van der Waals surface area contributed by atoms with Crippen molar-refractivity contribution in [2.45, 2.75) is 53.0 Å². The first-order valence-corrected chi connectivity index (χ1v) is 9.26. The number of rotatable bonds is 4. The van der Waals surface area contributed by atoms with Gasteiger partial charge in [0.15, 0.2) is 0 Å². The minimum absolute atomic E-state index is 0.0604. The Morgan fingerprint density at radius 3 is 2.71 bits per heavy atom. The molecule has 3 atom stereocenters. The van der Waals surface area contributed by atoms with E-state index in [-0.39, 0.29) is 5.91 Å². The molecule has 1 saturated carbocycles. The molecule has 0 spiro atoms. The Bertz CT molecular complexity index is 656. The highest BCUT2D eigenvalue weighted by atomic mass is 16.1. The summed E-state index contributed by atoms with van der Waals surface area (Å²) in [7, 11) is 0. The predicted octanol–water partition coefficient (Wildman–Crippen LogP) is 5.02. The molecule has 0 bridgehead atoms. The molecule has 0 radical (unpaired) electrons. The zero-order chi connectivity index (χ0) is 17.1. The summed E-state index contributed by atoms with van der Waals surface area (Å²) in [6, 6.07) is 10.1. The number of hydrogen-bond acceptors (Lipinski definition) is 1. The van der Waals surface area contributed by atoms with Crippen molar-refractivity contribution in [3.05, 3.63) is 58.7 Å². The van der Waals surface area contributed by atoms with Gasteiger partial charge in [-0.15, -0.1) is 0 Å². The summed E-state index contributed by atoms with van der Waals surface area (Å²) in [6.07, 6.45) is 7.25. The molecule has 0 unspecified atom stereocenters. The van der Waals surface area contributed by atoms with Crippen LogP contribution in [0.5, 0.6) is 0 Å². The molecular formula is C22H29NO. The zero-order valence-electron chi connectivity index (χ0n) is 15.1. The third-order valence-corrected chi connectivity index (χ3v) is 5.85. The van der Waals surface area contributed by atoms with Crippen LogP contribution in [0.25, 0.3) is 0 Å². The van der Waals surface area contributed by atoms with Crippen molar-refractivity contribution >= 4 is 5.91 Å². The van der Waals surface area contributed by atoms with Crippen LogP contribution in [-0.2, 0) is 11.3 Å². The fraction of sp³-hybridized carbons (Fsp3) is 0.500. The van der Waals surface area contributed by atoms with Crippen molar-refractivity contribution in [3.8, 4) is 0 Å². The van der Waals surface area contributed by atoms with Crippen molar-refractivity contribution in [2.75, 3.05) is 0 Å². The Kier molecular flexibility index (Phi) is 5.23. The minimum Gasteiger partial charge on any atom is -0.348 e. The maximum Gasteiger partial charge on any atom is 0.246 e. The van der Waals surface area contributed by atoms with E-state index in [1.807, 2.05) is 37.3 Å². The molecule has 2 aliphatic rings. The van der Waals surface area contributed by atoms with E-state index < -0.39 is 0 Å². The van der Waals surface area contributed by atoms with Gasteiger partial charge < -0.3 is 5.32 Å². The Morgan fingerprint density at radius 1 is 1.21 bits per heavy atom. The zero-order valence-corrected chi connectivity index (χ0v) is 15.1. The molecule has 128 valence electrons. The molecule has 1 aromatic rings. The number of amides is 1. The van der Waals surface area contributed by atoms with Crippen LogP contribution < -0.4 is 5.32 Å². The fourth-order valence-corrected chi connectivity index (χ4v) is 4.44. The summed E-state index contributed by atoms with van der Waals surface area (Å²) in [5.41, 5.74) is 5.21. The van der Waals surface area contributed by atoms with Crippen LogP contribution in [0.3, 0.4) is 0 Å². The number of hydrogen-bond donors (Lipinski definition) is 1. The van der Waals surface area contributed by atoms with E-state index in [1.54, 1.807) is 11.1 Å². The molecule has 24 heavy (non-hydrogen) atoms. The molecular weight excluding hydrogens is 294 g/mol. The molecule has 1 fully saturated rings. The van der Waals surface area contributed by atoms with Crippen LogP contribution in [0.1, 0.15) is 52.0 Å². The highest BCUT2D eigenvalue weighted by Gasteiger charge is 2.36. The van der Waals surface area contributed by atoms with Gasteiger partial charge >= 0.3 is 0 Å². The lowest BCUT2D eigenvalue weighted by atomic mass is 9.71. The fourth-order valence-electron chi connectivity index (χ4n) is 4.44. The summed E-state index contributed by atoms with van der Waals surface area (Å²) in [5, 5.41) is 3.04. The third-order valence-electron chi connectivity index (χ3n) is 5.85. The van der Waals surface area contributed by atoms with Crippen molar-refractivity contribution in [3.63, 3.8) is 0 Å². The lowest BCUT2D eigenvalue weighted by Crippen LogP contribution is -2.26. The van der Waals surface area contributed by atoms with E-state index in [0.717, 1.165) is 23.0 Å². The van der Waals surface area contributed by atoms with Crippen LogP contribution in [-0.4, -0.2) is 5.91 Å². The average Bonchev–Trinajstić information content (AvgIpc) is 2.99. The molecule has 2 nitrogen and oxygen atoms in total. The molecule has 1 N–H and O–H groups in total. The average molecular weight is 323 g/mol. The Balaban J connectivity index is 1.66. The molecule has 0 aromatic heterocycles. The lowest BCUT2D eigenvalue weighted by Gasteiger charge is -2.34. The SMILES string of the molecule is CC1=C2[C@H](/C=C(\C)C(=O)NCc3ccccc3)CC[C@@H](C)[C@H]2CC1. The summed E-state index contributed by atoms with van der Waals surface area (Å²) in [6.45, 7) is 7.23. The topological polar surface area (TPSA) is 29.1 Å². The van der Waals surface area contributed by atoms with Crippen LogP contribution >= 0.6 is 0 Å². The maximum absolute atomic E-state index is 12.4. The largest absolute Gasteiger partial charge is 0.348 e. The number of allylic oxidation sites excluding steroid dienone is 3. The van der Waals surface area contributed by atoms with Crippen LogP contribution in [0.15, 0.2) is 53.1 Å². The third kappa shape index (κ3) is 3.63. The van der Waals surface area contributed by atoms with E-state index in [9.17, 15) is 4.79 Å². The van der Waals surface area contributed by atoms with Gasteiger partial charge in [0.05, 0.1) is 0 Å². The number of fused-ring (bicyclic) bond motifs is 1. The van der Waals surface area contributed by atoms with E-state index in [2.05, 4.69) is 25.2 Å². The quantitative estimate of drug-likeness (QED) is 0.611. The predicted molar refractivity (Wildman–Crippen MR) is 99.4 cm³/mol. The second-order valence-electron chi connectivity index (χ2n) is 7.56. The van der Waals surface area contributed by atoms with Gasteiger partial charge in [-0.05, 0) is 62.8 Å². The molecule has 1 aromatic carbocycles. The molecule has 2 heteroatoms. The first kappa shape index (κ1) is 17.0. The van der Waals surface area contributed by atoms with E-state index in [1.165, 1.54) is 25.7 Å². The smallest absolute Gasteiger partial charge is 0.246 e. The monoisotopic (exact) mass is 323 g/mol. The summed E-state index contributed by atoms with van der Waals surface area (Å²) in [4.78, 5) is 12.4. The van der Waals surface area contributed by atoms with E-state index >= 15 is 0 Å². The van der Waals surface area contributed by atoms with Gasteiger partial charge in [-0.25, -0.2) is 0 Å². The number of carbonyl (C=O) groups excluding carboxylic acids is 1. The molecule has 0 heterocycles. The normalized spacial score (nSPS) is 27.1. The highest BCUT2D eigenvalue weighted by molar-refractivity contribution is 5.92. The van der Waals surface area contributed by atoms with Crippen molar-refractivity contribution < 1.29 is 4.79 Å². The van der Waals surface area contributed by atoms with Gasteiger partial charge in [-0.2, -0.15) is 0 Å². The molecule has 2 aliphatic carbocycles. The van der Waals surface area contributed by atoms with Gasteiger partial charge in [0.1, 0.15) is 0 Å². The second-order valence-corrected chi connectivity index (χ2v) is 7.56. The van der Waals surface area contributed by atoms with Crippen LogP contribution in [0.2, 0.25) is 0 Å². The van der Waals surface area contributed by atoms with Crippen molar-refractivity contribution in [1.29, 1.82) is 0 Å². The molecule has 0 saturated heterocycles. The summed E-state index contributed by atoms with van der Waals surface area (Å²) < 4.78 is 0. The summed E-state index contributed by atoms with van der Waals surface area (Å²) in [5.74, 6) is 2.08. The molecule has 3 rings (SSSR count). The van der Waals surface area contributed by atoms with E-state index in [0.29, 0.717) is 12.5 Å². The first-order chi connectivity index (χ1) is 11.6. The van der Waals surface area contributed by atoms with Crippen LogP contribution in [0.4, 0.5) is 0 Å². The van der Waals surface area contributed by atoms with E-state index in [4.69, 9.17) is 0 Å². The minimum atomic E-state index is 0.0604. The molecule has 1 amide bonds. The Labute approximate surface area is 146 Å². The number of benzene rings is 1. The van der Waals surface area contributed by atoms with Crippen molar-refractivity contribution in [2.24, 2.45) is 17.8 Å². The Morgan fingerprint density at radius 2 is 1.96 bits per heavy atom. The number of nitrogens with one attached hydrogen (secondary N) is 1. The molecule has 0 aliphatic heterocycles. The first-order valence-electron chi connectivity index (χ1n) is 9.26. The van der Waals surface area contributed by atoms with Crippen molar-refractivity contribution in [1.82, 2.24) is 5.32 Å². The van der Waals surface area contributed by atoms with Gasteiger partial charge in [-0.3, -0.25) is 4.79 Å². The maximum atomic E-state index is 12.4. The van der Waals surface area contributed by atoms with Crippen LogP contribution in [0, 0.1) is 17.8 Å². The van der Waals surface area contributed by atoms with Gasteiger partial charge in [0, 0.05) is 12.1 Å². The highest BCUT2D eigenvalue weighted by Crippen LogP contribution is 2.48. The van der Waals surface area contributed by atoms with Gasteiger partial charge in [-0.1, -0.05) is 54.5 Å². The lowest BCUT2D eigenvalue weighted by molar-refractivity contribution is -0.117. The standard InChI is InChI=1S/C22H29NO/c1-15-9-11-19(21-16(2)10-12-20(15)21)13-17(3)22(24)23-14-18-7-5-4-6-8-18/h4-8,13,15,19-20H,9-12,14H2,1-3H3,(H,23,24)/b17-13+/t15-,19+,20-/m1/s1. The second kappa shape index (κ2) is 7.38. The van der Waals surface area contributed by atoms with Gasteiger partial charge in [0.2, 0.25) is 5.91 Å². The van der Waals surface area contributed by atoms with Gasteiger partial charge in [0.25, 0.3) is 0 Å². The number of carbonyl (C=O) groups is 1.